The maximum Gasteiger partial charge on any atom is 0.326 e. The molecule has 0 saturated carbocycles. The van der Waals surface area contributed by atoms with Crippen molar-refractivity contribution in [1.29, 1.82) is 0 Å². The number of hydrogen-bond acceptors (Lipinski definition) is 6. The quantitative estimate of drug-likeness (QED) is 0.383. The third-order valence-corrected chi connectivity index (χ3v) is 3.29. The van der Waals surface area contributed by atoms with Crippen molar-refractivity contribution in [2.45, 2.75) is 0 Å². The number of ether oxygens (including phenoxy) is 1. The molecule has 0 spiro atoms. The third-order valence-electron chi connectivity index (χ3n) is 3.29. The molecule has 9 nitrogen and oxygen atoms in total. The van der Waals surface area contributed by atoms with Crippen LogP contribution < -0.4 is 15.4 Å². The molecule has 0 aliphatic carbocycles. The van der Waals surface area contributed by atoms with Crippen molar-refractivity contribution in [2.75, 3.05) is 7.11 Å². The van der Waals surface area contributed by atoms with E-state index >= 15 is 0 Å². The zero-order chi connectivity index (χ0) is 17.3. The monoisotopic (exact) mass is 329 g/mol. The van der Waals surface area contributed by atoms with Gasteiger partial charge in [0.2, 0.25) is 0 Å². The number of benzene rings is 1. The number of amides is 3. The Morgan fingerprint density at radius 2 is 2.00 bits per heavy atom. The van der Waals surface area contributed by atoms with Crippen molar-refractivity contribution in [3.8, 4) is 17.1 Å². The normalized spacial score (nSPS) is 15.3. The molecule has 1 aromatic heterocycles. The number of nitrogens with zero attached hydrogens (tertiary/aromatic N) is 1. The Morgan fingerprint density at radius 1 is 1.21 bits per heavy atom. The Balaban J connectivity index is 1.94. The van der Waals surface area contributed by atoms with E-state index in [-0.39, 0.29) is 17.1 Å². The third kappa shape index (κ3) is 2.82. The van der Waals surface area contributed by atoms with Crippen LogP contribution >= 0.6 is 0 Å². The van der Waals surface area contributed by atoms with Gasteiger partial charge in [-0.3, -0.25) is 20.2 Å². The minimum absolute atomic E-state index is 0.0663. The zero-order valence-corrected chi connectivity index (χ0v) is 12.4. The summed E-state index contributed by atoms with van der Waals surface area (Å²) in [5, 5.41) is 15.2. The van der Waals surface area contributed by atoms with E-state index in [4.69, 9.17) is 9.15 Å². The van der Waals surface area contributed by atoms with Crippen molar-refractivity contribution in [2.24, 2.45) is 0 Å². The Labute approximate surface area is 135 Å². The first-order valence-corrected chi connectivity index (χ1v) is 6.74. The number of nitro benzene ring substituents is 1. The number of urea groups is 1. The fourth-order valence-electron chi connectivity index (χ4n) is 2.20. The van der Waals surface area contributed by atoms with Crippen molar-refractivity contribution in [3.63, 3.8) is 0 Å². The van der Waals surface area contributed by atoms with E-state index in [2.05, 4.69) is 10.6 Å². The molecule has 1 saturated heterocycles. The van der Waals surface area contributed by atoms with Crippen LogP contribution in [0.15, 0.2) is 40.4 Å². The highest BCUT2D eigenvalue weighted by Crippen LogP contribution is 2.34. The van der Waals surface area contributed by atoms with Crippen molar-refractivity contribution >= 4 is 23.7 Å². The predicted octanol–water partition coefficient (Wildman–Crippen LogP) is 2.04. The maximum absolute atomic E-state index is 11.5. The highest BCUT2D eigenvalue weighted by molar-refractivity contribution is 6.13. The van der Waals surface area contributed by atoms with E-state index in [1.807, 2.05) is 0 Å². The number of methoxy groups -OCH3 is 1. The predicted molar refractivity (Wildman–Crippen MR) is 82.0 cm³/mol. The summed E-state index contributed by atoms with van der Waals surface area (Å²) in [6, 6.07) is 6.77. The lowest BCUT2D eigenvalue weighted by Gasteiger charge is -2.05. The van der Waals surface area contributed by atoms with E-state index in [1.165, 1.54) is 31.4 Å². The molecule has 0 unspecified atom stereocenters. The summed E-state index contributed by atoms with van der Waals surface area (Å²) in [6.45, 7) is 0. The number of imide groups is 1. The molecule has 0 radical (unpaired) electrons. The van der Waals surface area contributed by atoms with Crippen molar-refractivity contribution < 1.29 is 23.7 Å². The minimum atomic E-state index is -0.602. The molecular weight excluding hydrogens is 318 g/mol. The lowest BCUT2D eigenvalue weighted by molar-refractivity contribution is -0.384. The Bertz CT molecular complexity index is 883. The topological polar surface area (TPSA) is 124 Å². The first-order chi connectivity index (χ1) is 11.5. The molecule has 0 atom stereocenters. The van der Waals surface area contributed by atoms with Gasteiger partial charge in [0.05, 0.1) is 23.7 Å². The molecule has 1 aliphatic rings. The first kappa shape index (κ1) is 15.3. The van der Waals surface area contributed by atoms with Crippen LogP contribution in [0, 0.1) is 10.1 Å². The molecule has 2 aromatic rings. The summed E-state index contributed by atoms with van der Waals surface area (Å²) in [4.78, 5) is 32.8. The molecule has 9 heteroatoms. The maximum atomic E-state index is 11.5. The lowest BCUT2D eigenvalue weighted by atomic mass is 10.1. The highest BCUT2D eigenvalue weighted by atomic mass is 16.6. The number of furan rings is 1. The summed E-state index contributed by atoms with van der Waals surface area (Å²) < 4.78 is 10.8. The number of carbonyl (C=O) groups excluding carboxylic acids is 2. The zero-order valence-electron chi connectivity index (χ0n) is 12.4. The van der Waals surface area contributed by atoms with Crippen LogP contribution in [0.5, 0.6) is 5.75 Å². The smallest absolute Gasteiger partial charge is 0.326 e. The van der Waals surface area contributed by atoms with Crippen molar-refractivity contribution in [1.82, 2.24) is 10.6 Å². The van der Waals surface area contributed by atoms with Gasteiger partial charge in [0.15, 0.2) is 0 Å². The van der Waals surface area contributed by atoms with Crippen LogP contribution in [-0.4, -0.2) is 24.0 Å². The van der Waals surface area contributed by atoms with Gasteiger partial charge in [-0.05, 0) is 18.2 Å². The van der Waals surface area contributed by atoms with Crippen LogP contribution in [0.2, 0.25) is 0 Å². The molecule has 2 N–H and O–H groups in total. The van der Waals surface area contributed by atoms with Crippen LogP contribution in [0.4, 0.5) is 10.5 Å². The number of rotatable bonds is 4. The van der Waals surface area contributed by atoms with E-state index in [1.54, 1.807) is 12.1 Å². The van der Waals surface area contributed by atoms with Gasteiger partial charge in [-0.1, -0.05) is 0 Å². The Hall–Kier alpha value is -3.62. The molecule has 24 heavy (non-hydrogen) atoms. The largest absolute Gasteiger partial charge is 0.496 e. The highest BCUT2D eigenvalue weighted by Gasteiger charge is 2.23. The number of non-ortho nitro benzene ring substituents is 1. The van der Waals surface area contributed by atoms with Gasteiger partial charge in [0, 0.05) is 12.1 Å². The molecule has 2 heterocycles. The molecular formula is C15H11N3O6. The van der Waals surface area contributed by atoms with Crippen LogP contribution in [0.3, 0.4) is 0 Å². The molecule has 3 amide bonds. The van der Waals surface area contributed by atoms with Gasteiger partial charge in [-0.15, -0.1) is 0 Å². The Kier molecular flexibility index (Phi) is 3.74. The summed E-state index contributed by atoms with van der Waals surface area (Å²) in [7, 11) is 1.40. The Morgan fingerprint density at radius 3 is 2.62 bits per heavy atom. The molecule has 1 aromatic carbocycles. The molecule has 0 bridgehead atoms. The average Bonchev–Trinajstić information content (AvgIpc) is 3.13. The molecule has 122 valence electrons. The van der Waals surface area contributed by atoms with Gasteiger partial charge in [-0.2, -0.15) is 0 Å². The summed E-state index contributed by atoms with van der Waals surface area (Å²) in [5.74, 6) is 0.464. The summed E-state index contributed by atoms with van der Waals surface area (Å²) >= 11 is 0. The standard InChI is InChI=1S/C15H11N3O6/c1-23-13-6-8(18(21)22)2-4-10(13)12-5-3-9(24-12)7-11-14(19)17-15(20)16-11/h2-7H,1H3,(H2,16,17,19,20)/b11-7-. The summed E-state index contributed by atoms with van der Waals surface area (Å²) in [5.41, 5.74) is 0.485. The van der Waals surface area contributed by atoms with Gasteiger partial charge in [0.1, 0.15) is 23.0 Å². The van der Waals surface area contributed by atoms with Crippen LogP contribution in [-0.2, 0) is 4.79 Å². The van der Waals surface area contributed by atoms with Crippen LogP contribution in [0.1, 0.15) is 5.76 Å². The second-order valence-electron chi connectivity index (χ2n) is 4.81. The molecule has 1 aliphatic heterocycles. The number of hydrogen-bond donors (Lipinski definition) is 2. The number of nitrogens with one attached hydrogen (secondary N) is 2. The molecule has 1 fully saturated rings. The van der Waals surface area contributed by atoms with E-state index in [9.17, 15) is 19.7 Å². The fourth-order valence-corrected chi connectivity index (χ4v) is 2.20. The SMILES string of the molecule is COc1cc([N+](=O)[O-])ccc1-c1ccc(/C=C2\NC(=O)NC2=O)o1. The van der Waals surface area contributed by atoms with Gasteiger partial charge in [0.25, 0.3) is 11.6 Å². The molecule has 3 rings (SSSR count). The second kappa shape index (κ2) is 5.88. The fraction of sp³-hybridized carbons (Fsp3) is 0.0667. The van der Waals surface area contributed by atoms with Crippen molar-refractivity contribution in [3.05, 3.63) is 51.9 Å². The van der Waals surface area contributed by atoms with Gasteiger partial charge in [-0.25, -0.2) is 4.79 Å². The van der Waals surface area contributed by atoms with E-state index in [0.29, 0.717) is 17.1 Å². The second-order valence-corrected chi connectivity index (χ2v) is 4.81. The van der Waals surface area contributed by atoms with Gasteiger partial charge < -0.3 is 14.5 Å². The van der Waals surface area contributed by atoms with E-state index in [0.717, 1.165) is 0 Å². The summed E-state index contributed by atoms with van der Waals surface area (Å²) in [6.07, 6.45) is 1.38. The first-order valence-electron chi connectivity index (χ1n) is 6.74. The van der Waals surface area contributed by atoms with E-state index < -0.39 is 16.9 Å². The minimum Gasteiger partial charge on any atom is -0.496 e. The number of carbonyl (C=O) groups is 2. The average molecular weight is 329 g/mol. The number of nitro groups is 1. The lowest BCUT2D eigenvalue weighted by Crippen LogP contribution is -2.22. The van der Waals surface area contributed by atoms with Gasteiger partial charge >= 0.3 is 6.03 Å². The van der Waals surface area contributed by atoms with Crippen LogP contribution in [0.25, 0.3) is 17.4 Å².